The maximum Gasteiger partial charge on any atom is 0.235 e. The van der Waals surface area contributed by atoms with Crippen LogP contribution in [0.4, 0.5) is 11.4 Å². The summed E-state index contributed by atoms with van der Waals surface area (Å²) in [4.78, 5) is 12.7. The fraction of sp³-hybridized carbons (Fsp3) is 0. The molecule has 0 spiro atoms. The first-order valence-corrected chi connectivity index (χ1v) is 14.9. The topological polar surface area (TPSA) is 34.0 Å². The van der Waals surface area contributed by atoms with Crippen LogP contribution >= 0.6 is 0 Å². The number of benzene rings is 6. The maximum atomic E-state index is 5.22. The average Bonchev–Trinajstić information content (AvgIpc) is 3.43. The van der Waals surface area contributed by atoms with E-state index in [-0.39, 0.29) is 0 Å². The zero-order valence-electron chi connectivity index (χ0n) is 23.8. The summed E-state index contributed by atoms with van der Waals surface area (Å²) in [7, 11) is 0. The highest BCUT2D eigenvalue weighted by molar-refractivity contribution is 6.22. The zero-order valence-corrected chi connectivity index (χ0v) is 23.8. The van der Waals surface area contributed by atoms with Gasteiger partial charge in [-0.15, -0.1) is 0 Å². The van der Waals surface area contributed by atoms with Gasteiger partial charge in [-0.05, 0) is 53.4 Å². The number of nitrogens with zero attached hydrogens (tertiary/aromatic N) is 4. The number of para-hydroxylation sites is 2. The van der Waals surface area contributed by atoms with Crippen LogP contribution in [0.2, 0.25) is 0 Å². The van der Waals surface area contributed by atoms with Gasteiger partial charge in [-0.25, -0.2) is 9.97 Å². The Kier molecular flexibility index (Phi) is 5.47. The van der Waals surface area contributed by atoms with E-state index in [2.05, 4.69) is 155 Å². The lowest BCUT2D eigenvalue weighted by Gasteiger charge is -2.27. The van der Waals surface area contributed by atoms with Crippen LogP contribution in [0.3, 0.4) is 0 Å². The van der Waals surface area contributed by atoms with Gasteiger partial charge in [0, 0.05) is 39.2 Å². The molecule has 0 N–H and O–H groups in total. The Morgan fingerprint density at radius 3 is 1.84 bits per heavy atom. The van der Waals surface area contributed by atoms with E-state index in [1.54, 1.807) is 0 Å². The third kappa shape index (κ3) is 3.78. The van der Waals surface area contributed by atoms with Crippen molar-refractivity contribution >= 4 is 50.0 Å². The highest BCUT2D eigenvalue weighted by Crippen LogP contribution is 2.45. The van der Waals surface area contributed by atoms with Crippen LogP contribution in [0.5, 0.6) is 0 Å². The van der Waals surface area contributed by atoms with Crippen LogP contribution in [0, 0.1) is 0 Å². The van der Waals surface area contributed by atoms with Crippen LogP contribution in [0.1, 0.15) is 5.56 Å². The first kappa shape index (κ1) is 24.6. The number of anilines is 2. The first-order valence-electron chi connectivity index (χ1n) is 14.9. The largest absolute Gasteiger partial charge is 0.317 e. The molecule has 8 aromatic rings. The van der Waals surface area contributed by atoms with Crippen molar-refractivity contribution in [3.8, 4) is 28.5 Å². The lowest BCUT2D eigenvalue weighted by atomic mass is 9.94. The van der Waals surface area contributed by atoms with Crippen molar-refractivity contribution in [2.75, 3.05) is 4.90 Å². The third-order valence-electron chi connectivity index (χ3n) is 8.55. The second-order valence-corrected chi connectivity index (χ2v) is 11.1. The Labute approximate surface area is 254 Å². The Morgan fingerprint density at radius 2 is 1.14 bits per heavy atom. The van der Waals surface area contributed by atoms with Gasteiger partial charge in [-0.2, -0.15) is 0 Å². The van der Waals surface area contributed by atoms with Gasteiger partial charge in [-0.1, -0.05) is 109 Å². The van der Waals surface area contributed by atoms with Crippen molar-refractivity contribution in [1.29, 1.82) is 0 Å². The predicted octanol–water partition coefficient (Wildman–Crippen LogP) is 10.2. The summed E-state index contributed by atoms with van der Waals surface area (Å²) < 4.78 is 2.24. The van der Waals surface area contributed by atoms with Gasteiger partial charge < -0.3 is 4.90 Å². The van der Waals surface area contributed by atoms with E-state index >= 15 is 0 Å². The molecule has 2 aromatic heterocycles. The van der Waals surface area contributed by atoms with Crippen molar-refractivity contribution in [3.05, 3.63) is 157 Å². The van der Waals surface area contributed by atoms with Crippen molar-refractivity contribution in [3.63, 3.8) is 0 Å². The Hall–Kier alpha value is -6.00. The Morgan fingerprint density at radius 1 is 0.500 bits per heavy atom. The summed E-state index contributed by atoms with van der Waals surface area (Å²) in [5.74, 6) is 0.657. The van der Waals surface area contributed by atoms with Gasteiger partial charge in [0.05, 0.1) is 28.1 Å². The summed E-state index contributed by atoms with van der Waals surface area (Å²) in [6.07, 6.45) is 4.45. The minimum Gasteiger partial charge on any atom is -0.317 e. The van der Waals surface area contributed by atoms with Crippen LogP contribution in [0.15, 0.2) is 152 Å². The minimum absolute atomic E-state index is 0.657. The van der Waals surface area contributed by atoms with E-state index < -0.39 is 0 Å². The van der Waals surface area contributed by atoms with E-state index in [1.807, 2.05) is 12.1 Å². The molecule has 0 fully saturated rings. The second kappa shape index (κ2) is 9.79. The van der Waals surface area contributed by atoms with E-state index in [4.69, 9.17) is 9.97 Å². The summed E-state index contributed by atoms with van der Waals surface area (Å²) in [6.45, 7) is 0. The van der Waals surface area contributed by atoms with Crippen LogP contribution in [-0.2, 0) is 0 Å². The second-order valence-electron chi connectivity index (χ2n) is 11.1. The number of hydrogen-bond acceptors (Lipinski definition) is 3. The molecular weight excluding hydrogens is 536 g/mol. The molecule has 0 aliphatic carbocycles. The quantitative estimate of drug-likeness (QED) is 0.214. The zero-order chi connectivity index (χ0) is 29.0. The van der Waals surface area contributed by atoms with E-state index in [0.717, 1.165) is 39.2 Å². The molecule has 1 aliphatic rings. The van der Waals surface area contributed by atoms with Gasteiger partial charge >= 0.3 is 0 Å². The molecule has 0 radical (unpaired) electrons. The van der Waals surface area contributed by atoms with Gasteiger partial charge in [0.25, 0.3) is 0 Å². The van der Waals surface area contributed by atoms with Crippen LogP contribution in [-0.4, -0.2) is 14.5 Å². The smallest absolute Gasteiger partial charge is 0.235 e. The standard InChI is InChI=1S/C40H26N4/c1-4-13-27(14-5-1)33-26-34(28-15-6-2-7-16-28)42-40(41-33)44-35-21-11-10-20-31(35)39-32-23-24-43(30-18-8-3-9-19-30)36-22-12-17-29(38(32)36)25-37(39)44/h1-26H. The normalized spacial score (nSPS) is 12.4. The van der Waals surface area contributed by atoms with Gasteiger partial charge in [-0.3, -0.25) is 4.57 Å². The molecule has 3 heterocycles. The molecule has 1 aliphatic heterocycles. The minimum atomic E-state index is 0.657. The summed E-state index contributed by atoms with van der Waals surface area (Å²) >= 11 is 0. The van der Waals surface area contributed by atoms with Crippen molar-refractivity contribution in [2.45, 2.75) is 0 Å². The number of rotatable bonds is 4. The number of aromatic nitrogens is 3. The average molecular weight is 563 g/mol. The number of fused-ring (bicyclic) bond motifs is 4. The van der Waals surface area contributed by atoms with Gasteiger partial charge in [0.2, 0.25) is 5.95 Å². The molecule has 0 atom stereocenters. The first-order chi connectivity index (χ1) is 21.8. The molecule has 0 saturated carbocycles. The molecule has 4 nitrogen and oxygen atoms in total. The van der Waals surface area contributed by atoms with Crippen molar-refractivity contribution in [1.82, 2.24) is 14.5 Å². The lowest BCUT2D eigenvalue weighted by Crippen LogP contribution is -2.12. The molecule has 0 bridgehead atoms. The van der Waals surface area contributed by atoms with Crippen LogP contribution < -0.4 is 4.90 Å². The highest BCUT2D eigenvalue weighted by Gasteiger charge is 2.24. The molecular formula is C40H26N4. The monoisotopic (exact) mass is 562 g/mol. The van der Waals surface area contributed by atoms with E-state index in [9.17, 15) is 0 Å². The molecule has 0 saturated heterocycles. The highest BCUT2D eigenvalue weighted by atomic mass is 15.2. The molecule has 6 aromatic carbocycles. The predicted molar refractivity (Wildman–Crippen MR) is 182 cm³/mol. The molecule has 44 heavy (non-hydrogen) atoms. The third-order valence-corrected chi connectivity index (χ3v) is 8.55. The number of hydrogen-bond donors (Lipinski definition) is 0. The molecule has 4 heteroatoms. The molecule has 9 rings (SSSR count). The Bertz CT molecular complexity index is 2320. The SMILES string of the molecule is C1=CN(c2ccccc2)c2cccc3cc4c(c1c23)c1ccccc1n4-c1nc(-c2ccccc2)cc(-c2ccccc2)n1. The van der Waals surface area contributed by atoms with Gasteiger partial charge in [0.15, 0.2) is 0 Å². The van der Waals surface area contributed by atoms with Crippen LogP contribution in [0.25, 0.3) is 67.1 Å². The fourth-order valence-electron chi connectivity index (χ4n) is 6.60. The molecule has 0 amide bonds. The van der Waals surface area contributed by atoms with Gasteiger partial charge in [0.1, 0.15) is 0 Å². The lowest BCUT2D eigenvalue weighted by molar-refractivity contribution is 0.996. The van der Waals surface area contributed by atoms with Crippen molar-refractivity contribution in [2.24, 2.45) is 0 Å². The van der Waals surface area contributed by atoms with E-state index in [0.29, 0.717) is 5.95 Å². The van der Waals surface area contributed by atoms with Crippen molar-refractivity contribution < 1.29 is 0 Å². The summed E-state index contributed by atoms with van der Waals surface area (Å²) in [5.41, 5.74) is 9.62. The fourth-order valence-corrected chi connectivity index (χ4v) is 6.60. The summed E-state index contributed by atoms with van der Waals surface area (Å²) in [5, 5.41) is 4.82. The Balaban J connectivity index is 1.36. The summed E-state index contributed by atoms with van der Waals surface area (Å²) in [6, 6.07) is 50.8. The molecule has 206 valence electrons. The molecule has 0 unspecified atom stereocenters. The maximum absolute atomic E-state index is 5.22. The van der Waals surface area contributed by atoms with E-state index in [1.165, 1.54) is 32.8 Å².